The summed E-state index contributed by atoms with van der Waals surface area (Å²) in [6.45, 7) is 2.83. The van der Waals surface area contributed by atoms with Gasteiger partial charge in [-0.1, -0.05) is 73.7 Å². The van der Waals surface area contributed by atoms with Crippen LogP contribution in [0.5, 0.6) is 0 Å². The van der Waals surface area contributed by atoms with Crippen LogP contribution >= 0.6 is 0 Å². The molecule has 0 unspecified atom stereocenters. The van der Waals surface area contributed by atoms with Crippen LogP contribution in [0.2, 0.25) is 0 Å². The second kappa shape index (κ2) is 10.5. The largest absolute Gasteiger partial charge is 0.416 e. The summed E-state index contributed by atoms with van der Waals surface area (Å²) in [5.74, 6) is -0.218. The summed E-state index contributed by atoms with van der Waals surface area (Å²) in [6.07, 6.45) is -3.54. The normalized spacial score (nSPS) is 14.1. The van der Waals surface area contributed by atoms with Gasteiger partial charge in [-0.25, -0.2) is 9.37 Å². The lowest BCUT2D eigenvalue weighted by atomic mass is 9.97. The number of aromatic nitrogens is 2. The summed E-state index contributed by atoms with van der Waals surface area (Å²) in [4.78, 5) is 20.9. The number of rotatable bonds is 6. The van der Waals surface area contributed by atoms with Crippen LogP contribution in [0.3, 0.4) is 0 Å². The molecule has 0 atom stereocenters. The van der Waals surface area contributed by atoms with Gasteiger partial charge in [-0.05, 0) is 23.3 Å². The minimum atomic E-state index is -4.61. The Morgan fingerprint density at radius 2 is 1.58 bits per heavy atom. The SMILES string of the molecule is CCc1nc2c(c(=O)n1C(c1ccccc1)c1ccccc1)CN(Cc1ccc(C(F)(F)F)cc1F)CC2. The highest BCUT2D eigenvalue weighted by atomic mass is 19.4. The van der Waals surface area contributed by atoms with Crippen molar-refractivity contribution in [2.24, 2.45) is 0 Å². The highest BCUT2D eigenvalue weighted by molar-refractivity contribution is 5.35. The van der Waals surface area contributed by atoms with E-state index in [0.717, 1.165) is 22.9 Å². The lowest BCUT2D eigenvalue weighted by molar-refractivity contribution is -0.137. The molecule has 0 aliphatic carbocycles. The Morgan fingerprint density at radius 3 is 2.13 bits per heavy atom. The molecule has 0 amide bonds. The molecule has 0 saturated heterocycles. The molecule has 5 rings (SSSR count). The second-order valence-electron chi connectivity index (χ2n) is 9.47. The molecular weight excluding hydrogens is 494 g/mol. The maximum Gasteiger partial charge on any atom is 0.416 e. The Bertz CT molecular complexity index is 1440. The molecule has 0 N–H and O–H groups in total. The van der Waals surface area contributed by atoms with Gasteiger partial charge in [-0.15, -0.1) is 0 Å². The van der Waals surface area contributed by atoms with E-state index in [0.29, 0.717) is 36.8 Å². The highest BCUT2D eigenvalue weighted by Gasteiger charge is 2.32. The molecule has 0 spiro atoms. The van der Waals surface area contributed by atoms with Crippen LogP contribution < -0.4 is 5.56 Å². The predicted octanol–water partition coefficient (Wildman–Crippen LogP) is 6.16. The van der Waals surface area contributed by atoms with Crippen molar-refractivity contribution < 1.29 is 17.6 Å². The summed E-state index contributed by atoms with van der Waals surface area (Å²) in [7, 11) is 0. The molecule has 2 heterocycles. The fourth-order valence-electron chi connectivity index (χ4n) is 5.10. The van der Waals surface area contributed by atoms with Gasteiger partial charge in [0.15, 0.2) is 0 Å². The summed E-state index contributed by atoms with van der Waals surface area (Å²) in [6, 6.07) is 21.8. The maximum absolute atomic E-state index is 14.5. The molecular formula is C30H27F4N3O. The van der Waals surface area contributed by atoms with Gasteiger partial charge in [0, 0.05) is 38.0 Å². The second-order valence-corrected chi connectivity index (χ2v) is 9.47. The first-order valence-corrected chi connectivity index (χ1v) is 12.6. The van der Waals surface area contributed by atoms with Gasteiger partial charge < -0.3 is 0 Å². The van der Waals surface area contributed by atoms with E-state index in [9.17, 15) is 22.4 Å². The van der Waals surface area contributed by atoms with E-state index in [1.807, 2.05) is 72.5 Å². The smallest absolute Gasteiger partial charge is 0.294 e. The van der Waals surface area contributed by atoms with Crippen LogP contribution in [-0.4, -0.2) is 21.0 Å². The van der Waals surface area contributed by atoms with Gasteiger partial charge in [0.05, 0.1) is 22.9 Å². The van der Waals surface area contributed by atoms with E-state index >= 15 is 0 Å². The third-order valence-corrected chi connectivity index (χ3v) is 6.99. The zero-order valence-corrected chi connectivity index (χ0v) is 20.9. The van der Waals surface area contributed by atoms with Gasteiger partial charge in [-0.3, -0.25) is 14.3 Å². The summed E-state index contributed by atoms with van der Waals surface area (Å²) < 4.78 is 55.2. The molecule has 0 bridgehead atoms. The predicted molar refractivity (Wildman–Crippen MR) is 137 cm³/mol. The van der Waals surface area contributed by atoms with Crippen LogP contribution in [0.15, 0.2) is 83.7 Å². The Labute approximate surface area is 218 Å². The van der Waals surface area contributed by atoms with Crippen LogP contribution in [0, 0.1) is 5.82 Å². The standard InChI is InChI=1S/C30H27F4N3O/c1-2-27-35-26-15-16-36(18-22-13-14-23(17-25(22)31)30(32,33)34)19-24(26)29(38)37(27)28(20-9-5-3-6-10-20)21-11-7-4-8-12-21/h3-14,17,28H,2,15-16,18-19H2,1H3. The number of fused-ring (bicyclic) bond motifs is 1. The Morgan fingerprint density at radius 1 is 0.947 bits per heavy atom. The van der Waals surface area contributed by atoms with Crippen molar-refractivity contribution in [3.05, 3.63) is 134 Å². The Balaban J connectivity index is 1.53. The van der Waals surface area contributed by atoms with Crippen LogP contribution in [0.25, 0.3) is 0 Å². The maximum atomic E-state index is 14.5. The van der Waals surface area contributed by atoms with E-state index in [2.05, 4.69) is 0 Å². The summed E-state index contributed by atoms with van der Waals surface area (Å²) in [5, 5.41) is 0. The monoisotopic (exact) mass is 521 g/mol. The first-order chi connectivity index (χ1) is 18.3. The van der Waals surface area contributed by atoms with Crippen LogP contribution in [0.1, 0.15) is 52.3 Å². The molecule has 8 heteroatoms. The molecule has 4 nitrogen and oxygen atoms in total. The number of benzene rings is 3. The molecule has 3 aromatic carbocycles. The minimum absolute atomic E-state index is 0.0964. The van der Waals surface area contributed by atoms with Crippen LogP contribution in [-0.2, 0) is 32.1 Å². The number of nitrogens with zero attached hydrogens (tertiary/aromatic N) is 3. The third-order valence-electron chi connectivity index (χ3n) is 6.99. The van der Waals surface area contributed by atoms with E-state index < -0.39 is 17.6 Å². The van der Waals surface area contributed by atoms with Crippen LogP contribution in [0.4, 0.5) is 17.6 Å². The fourth-order valence-corrected chi connectivity index (χ4v) is 5.10. The van der Waals surface area contributed by atoms with Crippen molar-refractivity contribution in [3.8, 4) is 0 Å². The number of aryl methyl sites for hydroxylation is 1. The number of halogens is 4. The van der Waals surface area contributed by atoms with Gasteiger partial charge in [0.25, 0.3) is 5.56 Å². The minimum Gasteiger partial charge on any atom is -0.294 e. The number of hydrogen-bond donors (Lipinski definition) is 0. The highest BCUT2D eigenvalue weighted by Crippen LogP contribution is 2.31. The van der Waals surface area contributed by atoms with Crippen molar-refractivity contribution >= 4 is 0 Å². The third kappa shape index (κ3) is 5.13. The van der Waals surface area contributed by atoms with E-state index in [4.69, 9.17) is 4.98 Å². The van der Waals surface area contributed by atoms with Crippen molar-refractivity contribution in [1.82, 2.24) is 14.5 Å². The first-order valence-electron chi connectivity index (χ1n) is 12.6. The Kier molecular flexibility index (Phi) is 7.17. The fraction of sp³-hybridized carbons (Fsp3) is 0.267. The summed E-state index contributed by atoms with van der Waals surface area (Å²) in [5.41, 5.74) is 2.17. The quantitative estimate of drug-likeness (QED) is 0.285. The van der Waals surface area contributed by atoms with E-state index in [-0.39, 0.29) is 30.3 Å². The van der Waals surface area contributed by atoms with Gasteiger partial charge >= 0.3 is 6.18 Å². The van der Waals surface area contributed by atoms with Gasteiger partial charge in [0.2, 0.25) is 0 Å². The number of hydrogen-bond acceptors (Lipinski definition) is 3. The molecule has 0 radical (unpaired) electrons. The Hall–Kier alpha value is -3.78. The van der Waals surface area contributed by atoms with Crippen molar-refractivity contribution in [1.29, 1.82) is 0 Å². The molecule has 1 aromatic heterocycles. The lowest BCUT2D eigenvalue weighted by Gasteiger charge is -2.31. The molecule has 0 saturated carbocycles. The van der Waals surface area contributed by atoms with Gasteiger partial charge in [0.1, 0.15) is 11.6 Å². The molecule has 4 aromatic rings. The zero-order chi connectivity index (χ0) is 26.9. The molecule has 1 aliphatic rings. The lowest BCUT2D eigenvalue weighted by Crippen LogP contribution is -2.40. The summed E-state index contributed by atoms with van der Waals surface area (Å²) >= 11 is 0. The molecule has 0 fully saturated rings. The van der Waals surface area contributed by atoms with E-state index in [1.54, 1.807) is 4.57 Å². The molecule has 1 aliphatic heterocycles. The van der Waals surface area contributed by atoms with Crippen molar-refractivity contribution in [3.63, 3.8) is 0 Å². The average Bonchev–Trinajstić information content (AvgIpc) is 2.92. The number of alkyl halides is 3. The van der Waals surface area contributed by atoms with Gasteiger partial charge in [-0.2, -0.15) is 13.2 Å². The first kappa shape index (κ1) is 25.9. The van der Waals surface area contributed by atoms with Crippen molar-refractivity contribution in [2.75, 3.05) is 6.54 Å². The van der Waals surface area contributed by atoms with E-state index in [1.165, 1.54) is 6.07 Å². The zero-order valence-electron chi connectivity index (χ0n) is 20.9. The molecule has 38 heavy (non-hydrogen) atoms. The van der Waals surface area contributed by atoms with Crippen molar-refractivity contribution in [2.45, 2.75) is 45.1 Å². The average molecular weight is 522 g/mol. The topological polar surface area (TPSA) is 38.1 Å². The molecule has 196 valence electrons.